The largest absolute Gasteiger partial charge is 0.492 e. The number of carbonyl (C=O) groups is 1. The van der Waals surface area contributed by atoms with Crippen LogP contribution in [0.2, 0.25) is 0 Å². The first-order chi connectivity index (χ1) is 13.0. The molecule has 0 bridgehead atoms. The number of benzene rings is 1. The summed E-state index contributed by atoms with van der Waals surface area (Å²) in [5.74, 6) is 0.630. The Morgan fingerprint density at radius 3 is 2.14 bits per heavy atom. The molecule has 28 heavy (non-hydrogen) atoms. The van der Waals surface area contributed by atoms with Crippen molar-refractivity contribution in [3.8, 4) is 5.75 Å². The van der Waals surface area contributed by atoms with E-state index in [0.29, 0.717) is 25.4 Å². The second-order valence-electron chi connectivity index (χ2n) is 7.92. The van der Waals surface area contributed by atoms with Crippen molar-refractivity contribution in [2.75, 3.05) is 53.4 Å². The Balaban J connectivity index is 1.74. The number of hydrogen-bond donors (Lipinski definition) is 0. The van der Waals surface area contributed by atoms with Crippen LogP contribution in [0, 0.1) is 0 Å². The minimum absolute atomic E-state index is 0.239. The van der Waals surface area contributed by atoms with Crippen molar-refractivity contribution < 1.29 is 22.7 Å². The molecule has 1 fully saturated rings. The number of hydrogen-bond acceptors (Lipinski definition) is 6. The number of nitrogens with zero attached hydrogens (tertiary/aromatic N) is 3. The summed E-state index contributed by atoms with van der Waals surface area (Å²) >= 11 is 0. The van der Waals surface area contributed by atoms with Gasteiger partial charge in [0, 0.05) is 46.8 Å². The Morgan fingerprint density at radius 1 is 1.07 bits per heavy atom. The molecular formula is C19H31N3O5S. The minimum Gasteiger partial charge on any atom is -0.492 e. The summed E-state index contributed by atoms with van der Waals surface area (Å²) in [4.78, 5) is 16.3. The van der Waals surface area contributed by atoms with Crippen LogP contribution in [-0.4, -0.2) is 87.6 Å². The lowest BCUT2D eigenvalue weighted by molar-refractivity contribution is 0.0137. The van der Waals surface area contributed by atoms with E-state index in [2.05, 4.69) is 4.90 Å². The summed E-state index contributed by atoms with van der Waals surface area (Å²) in [5.41, 5.74) is -0.483. The Kier molecular flexibility index (Phi) is 7.30. The lowest BCUT2D eigenvalue weighted by Crippen LogP contribution is -2.50. The molecule has 1 aromatic rings. The predicted octanol–water partition coefficient (Wildman–Crippen LogP) is 1.87. The SMILES string of the molecule is CN(C)S(=O)(=O)c1ccc(OCCN2CCN(C(=O)OC(C)(C)C)CC2)cc1. The Hall–Kier alpha value is -1.84. The molecule has 1 aliphatic heterocycles. The van der Waals surface area contributed by atoms with Crippen LogP contribution in [0.4, 0.5) is 4.79 Å². The van der Waals surface area contributed by atoms with Crippen LogP contribution in [0.5, 0.6) is 5.75 Å². The third-order valence-electron chi connectivity index (χ3n) is 4.30. The van der Waals surface area contributed by atoms with Crippen LogP contribution in [0.3, 0.4) is 0 Å². The fraction of sp³-hybridized carbons (Fsp3) is 0.632. The van der Waals surface area contributed by atoms with Gasteiger partial charge in [0.25, 0.3) is 0 Å². The molecule has 1 saturated heterocycles. The highest BCUT2D eigenvalue weighted by atomic mass is 32.2. The number of sulfonamides is 1. The average molecular weight is 414 g/mol. The van der Waals surface area contributed by atoms with Gasteiger partial charge in [0.15, 0.2) is 0 Å². The molecule has 0 aliphatic carbocycles. The summed E-state index contributed by atoms with van der Waals surface area (Å²) in [6.07, 6.45) is -0.267. The first-order valence-corrected chi connectivity index (χ1v) is 10.8. The monoisotopic (exact) mass is 413 g/mol. The zero-order valence-corrected chi connectivity index (χ0v) is 18.2. The summed E-state index contributed by atoms with van der Waals surface area (Å²) in [7, 11) is -0.423. The second-order valence-corrected chi connectivity index (χ2v) is 10.1. The number of piperazine rings is 1. The van der Waals surface area contributed by atoms with Gasteiger partial charge in [-0.25, -0.2) is 17.5 Å². The maximum Gasteiger partial charge on any atom is 0.410 e. The van der Waals surface area contributed by atoms with Crippen molar-refractivity contribution in [2.24, 2.45) is 0 Å². The smallest absolute Gasteiger partial charge is 0.410 e. The van der Waals surface area contributed by atoms with Gasteiger partial charge in [-0.1, -0.05) is 0 Å². The predicted molar refractivity (Wildman–Crippen MR) is 107 cm³/mol. The zero-order chi connectivity index (χ0) is 20.9. The van der Waals surface area contributed by atoms with Crippen LogP contribution in [0.15, 0.2) is 29.2 Å². The Morgan fingerprint density at radius 2 is 1.64 bits per heavy atom. The fourth-order valence-electron chi connectivity index (χ4n) is 2.69. The molecule has 0 radical (unpaired) electrons. The maximum absolute atomic E-state index is 12.1. The van der Waals surface area contributed by atoms with E-state index < -0.39 is 15.6 Å². The highest BCUT2D eigenvalue weighted by Crippen LogP contribution is 2.18. The van der Waals surface area contributed by atoms with Crippen molar-refractivity contribution in [1.82, 2.24) is 14.1 Å². The van der Waals surface area contributed by atoms with Crippen LogP contribution in [0.1, 0.15) is 20.8 Å². The van der Waals surface area contributed by atoms with Gasteiger partial charge >= 0.3 is 6.09 Å². The number of ether oxygens (including phenoxy) is 2. The van der Waals surface area contributed by atoms with Crippen LogP contribution in [0.25, 0.3) is 0 Å². The molecule has 0 aromatic heterocycles. The summed E-state index contributed by atoms with van der Waals surface area (Å²) in [6, 6.07) is 6.42. The maximum atomic E-state index is 12.1. The third kappa shape index (κ3) is 6.35. The summed E-state index contributed by atoms with van der Waals surface area (Å²) in [5, 5.41) is 0. The lowest BCUT2D eigenvalue weighted by Gasteiger charge is -2.35. The minimum atomic E-state index is -3.43. The van der Waals surface area contributed by atoms with E-state index in [1.807, 2.05) is 20.8 Å². The standard InChI is InChI=1S/C19H31N3O5S/c1-19(2,3)27-18(23)22-12-10-21(11-13-22)14-15-26-16-6-8-17(9-7-16)28(24,25)20(4)5/h6-9H,10-15H2,1-5H3. The Labute approximate surface area is 168 Å². The van der Waals surface area contributed by atoms with Crippen molar-refractivity contribution in [2.45, 2.75) is 31.3 Å². The fourth-order valence-corrected chi connectivity index (χ4v) is 3.59. The van der Waals surface area contributed by atoms with E-state index in [1.165, 1.54) is 18.4 Å². The van der Waals surface area contributed by atoms with Crippen molar-refractivity contribution >= 4 is 16.1 Å². The summed E-state index contributed by atoms with van der Waals surface area (Å²) < 4.78 is 36.4. The number of rotatable bonds is 6. The Bertz CT molecular complexity index is 749. The quantitative estimate of drug-likeness (QED) is 0.708. The highest BCUT2D eigenvalue weighted by Gasteiger charge is 2.25. The molecule has 0 spiro atoms. The van der Waals surface area contributed by atoms with Gasteiger partial charge in [-0.15, -0.1) is 0 Å². The van der Waals surface area contributed by atoms with Gasteiger partial charge in [-0.3, -0.25) is 4.90 Å². The van der Waals surface area contributed by atoms with Crippen LogP contribution >= 0.6 is 0 Å². The molecule has 1 aromatic carbocycles. The van der Waals surface area contributed by atoms with E-state index >= 15 is 0 Å². The van der Waals surface area contributed by atoms with Crippen LogP contribution < -0.4 is 4.74 Å². The third-order valence-corrected chi connectivity index (χ3v) is 6.13. The molecule has 8 nitrogen and oxygen atoms in total. The van der Waals surface area contributed by atoms with Crippen molar-refractivity contribution in [3.63, 3.8) is 0 Å². The van der Waals surface area contributed by atoms with Crippen molar-refractivity contribution in [3.05, 3.63) is 24.3 Å². The van der Waals surface area contributed by atoms with E-state index in [4.69, 9.17) is 9.47 Å². The molecular weight excluding hydrogens is 382 g/mol. The van der Waals surface area contributed by atoms with Gasteiger partial charge in [0.1, 0.15) is 18.0 Å². The van der Waals surface area contributed by atoms with E-state index in [-0.39, 0.29) is 11.0 Å². The molecule has 1 aliphatic rings. The molecule has 158 valence electrons. The highest BCUT2D eigenvalue weighted by molar-refractivity contribution is 7.89. The second kappa shape index (κ2) is 9.11. The number of carbonyl (C=O) groups excluding carboxylic acids is 1. The topological polar surface area (TPSA) is 79.4 Å². The zero-order valence-electron chi connectivity index (χ0n) is 17.3. The average Bonchev–Trinajstić information content (AvgIpc) is 2.61. The van der Waals surface area contributed by atoms with Gasteiger partial charge in [-0.2, -0.15) is 0 Å². The molecule has 0 atom stereocenters. The van der Waals surface area contributed by atoms with Gasteiger partial charge in [0.05, 0.1) is 4.90 Å². The number of amides is 1. The van der Waals surface area contributed by atoms with Crippen LogP contribution in [-0.2, 0) is 14.8 Å². The van der Waals surface area contributed by atoms with E-state index in [1.54, 1.807) is 29.2 Å². The molecule has 1 amide bonds. The molecule has 0 N–H and O–H groups in total. The van der Waals surface area contributed by atoms with E-state index in [0.717, 1.165) is 19.6 Å². The first kappa shape index (κ1) is 22.4. The molecule has 2 rings (SSSR count). The van der Waals surface area contributed by atoms with Crippen molar-refractivity contribution in [1.29, 1.82) is 0 Å². The van der Waals surface area contributed by atoms with Gasteiger partial charge < -0.3 is 14.4 Å². The van der Waals surface area contributed by atoms with E-state index in [9.17, 15) is 13.2 Å². The first-order valence-electron chi connectivity index (χ1n) is 9.35. The van der Waals surface area contributed by atoms with Gasteiger partial charge in [0.2, 0.25) is 10.0 Å². The molecule has 0 saturated carbocycles. The summed E-state index contributed by atoms with van der Waals surface area (Å²) in [6.45, 7) is 9.61. The molecule has 9 heteroatoms. The molecule has 1 heterocycles. The molecule has 0 unspecified atom stereocenters. The normalized spacial score (nSPS) is 16.3. The lowest BCUT2D eigenvalue weighted by atomic mass is 10.2. The van der Waals surface area contributed by atoms with Gasteiger partial charge in [-0.05, 0) is 45.0 Å².